The SMILES string of the molecule is Cl.O=C(O)[C@H]1CCCN1c1ncnc2nc[nH]c12. The van der Waals surface area contributed by atoms with Crippen molar-refractivity contribution in [1.82, 2.24) is 19.9 Å². The van der Waals surface area contributed by atoms with Gasteiger partial charge in [0.25, 0.3) is 0 Å². The first-order valence-electron chi connectivity index (χ1n) is 5.41. The molecule has 3 rings (SSSR count). The zero-order valence-electron chi connectivity index (χ0n) is 9.41. The van der Waals surface area contributed by atoms with Gasteiger partial charge in [-0.25, -0.2) is 19.7 Å². The lowest BCUT2D eigenvalue weighted by atomic mass is 10.2. The molecule has 3 heterocycles. The smallest absolute Gasteiger partial charge is 0.326 e. The van der Waals surface area contributed by atoms with Gasteiger partial charge < -0.3 is 15.0 Å². The molecule has 0 aromatic carbocycles. The van der Waals surface area contributed by atoms with Crippen LogP contribution in [0.2, 0.25) is 0 Å². The van der Waals surface area contributed by atoms with Crippen molar-refractivity contribution in [3.05, 3.63) is 12.7 Å². The Morgan fingerprint density at radius 2 is 2.28 bits per heavy atom. The van der Waals surface area contributed by atoms with Crippen molar-refractivity contribution in [3.8, 4) is 0 Å². The Balaban J connectivity index is 0.00000120. The molecule has 1 fully saturated rings. The van der Waals surface area contributed by atoms with E-state index in [1.54, 1.807) is 4.90 Å². The van der Waals surface area contributed by atoms with Crippen LogP contribution in [0.25, 0.3) is 11.2 Å². The molecule has 8 heteroatoms. The second-order valence-electron chi connectivity index (χ2n) is 3.99. The van der Waals surface area contributed by atoms with Gasteiger partial charge in [0.05, 0.1) is 6.33 Å². The number of H-pyrrole nitrogens is 1. The molecule has 7 nitrogen and oxygen atoms in total. The number of carboxylic acid groups (broad SMARTS) is 1. The van der Waals surface area contributed by atoms with E-state index in [0.29, 0.717) is 29.9 Å². The van der Waals surface area contributed by atoms with Gasteiger partial charge in [0.1, 0.15) is 17.9 Å². The summed E-state index contributed by atoms with van der Waals surface area (Å²) in [7, 11) is 0. The number of hydrogen-bond donors (Lipinski definition) is 2. The fourth-order valence-electron chi connectivity index (χ4n) is 2.25. The minimum Gasteiger partial charge on any atom is -0.480 e. The molecular weight excluding hydrogens is 258 g/mol. The van der Waals surface area contributed by atoms with Crippen LogP contribution in [-0.2, 0) is 4.79 Å². The average molecular weight is 270 g/mol. The topological polar surface area (TPSA) is 95.0 Å². The third kappa shape index (κ3) is 1.86. The zero-order valence-corrected chi connectivity index (χ0v) is 10.2. The molecule has 1 aliphatic rings. The van der Waals surface area contributed by atoms with Crippen LogP contribution in [-0.4, -0.2) is 43.6 Å². The maximum absolute atomic E-state index is 11.1. The van der Waals surface area contributed by atoms with Crippen LogP contribution in [0.15, 0.2) is 12.7 Å². The molecule has 0 spiro atoms. The molecule has 0 aliphatic carbocycles. The van der Waals surface area contributed by atoms with Crippen molar-refractivity contribution in [2.45, 2.75) is 18.9 Å². The Kier molecular flexibility index (Phi) is 3.33. The minimum atomic E-state index is -0.811. The summed E-state index contributed by atoms with van der Waals surface area (Å²) in [6, 6.07) is -0.503. The highest BCUT2D eigenvalue weighted by Crippen LogP contribution is 2.27. The lowest BCUT2D eigenvalue weighted by Crippen LogP contribution is -2.36. The molecule has 0 radical (unpaired) electrons. The largest absolute Gasteiger partial charge is 0.480 e. The molecule has 2 aromatic heterocycles. The number of hydrogen-bond acceptors (Lipinski definition) is 5. The van der Waals surface area contributed by atoms with Gasteiger partial charge in [-0.3, -0.25) is 0 Å². The number of carboxylic acids is 1. The van der Waals surface area contributed by atoms with E-state index >= 15 is 0 Å². The van der Waals surface area contributed by atoms with Crippen molar-refractivity contribution in [2.75, 3.05) is 11.4 Å². The predicted molar refractivity (Wildman–Crippen MR) is 66.9 cm³/mol. The summed E-state index contributed by atoms with van der Waals surface area (Å²) in [4.78, 5) is 28.1. The number of rotatable bonds is 2. The first kappa shape index (κ1) is 12.6. The first-order valence-corrected chi connectivity index (χ1v) is 5.41. The quantitative estimate of drug-likeness (QED) is 0.838. The van der Waals surface area contributed by atoms with E-state index in [1.165, 1.54) is 12.7 Å². The van der Waals surface area contributed by atoms with Gasteiger partial charge >= 0.3 is 5.97 Å². The van der Waals surface area contributed by atoms with Crippen LogP contribution in [0.1, 0.15) is 12.8 Å². The molecule has 1 aliphatic heterocycles. The van der Waals surface area contributed by atoms with E-state index in [1.807, 2.05) is 0 Å². The van der Waals surface area contributed by atoms with E-state index in [9.17, 15) is 4.79 Å². The second-order valence-corrected chi connectivity index (χ2v) is 3.99. The highest BCUT2D eigenvalue weighted by Gasteiger charge is 2.32. The predicted octanol–water partition coefficient (Wildman–Crippen LogP) is 0.828. The third-order valence-electron chi connectivity index (χ3n) is 3.01. The van der Waals surface area contributed by atoms with E-state index < -0.39 is 12.0 Å². The Hall–Kier alpha value is -1.89. The highest BCUT2D eigenvalue weighted by atomic mass is 35.5. The number of carbonyl (C=O) groups is 1. The molecular formula is C10H12ClN5O2. The number of nitrogens with one attached hydrogen (secondary N) is 1. The van der Waals surface area contributed by atoms with Crippen LogP contribution in [0, 0.1) is 0 Å². The van der Waals surface area contributed by atoms with Gasteiger partial charge in [0, 0.05) is 6.54 Å². The second kappa shape index (κ2) is 4.77. The molecule has 0 saturated carbocycles. The number of aromatic amines is 1. The first-order chi connectivity index (χ1) is 8.27. The van der Waals surface area contributed by atoms with Crippen LogP contribution in [0.3, 0.4) is 0 Å². The molecule has 2 N–H and O–H groups in total. The fourth-order valence-corrected chi connectivity index (χ4v) is 2.25. The molecule has 1 atom stereocenters. The molecule has 1 saturated heterocycles. The van der Waals surface area contributed by atoms with Crippen molar-refractivity contribution < 1.29 is 9.90 Å². The minimum absolute atomic E-state index is 0. The summed E-state index contributed by atoms with van der Waals surface area (Å²) in [6.07, 6.45) is 4.45. The van der Waals surface area contributed by atoms with Crippen LogP contribution < -0.4 is 4.90 Å². The van der Waals surface area contributed by atoms with E-state index in [2.05, 4.69) is 19.9 Å². The summed E-state index contributed by atoms with van der Waals surface area (Å²) in [5, 5.41) is 9.16. The number of anilines is 1. The maximum Gasteiger partial charge on any atom is 0.326 e. The summed E-state index contributed by atoms with van der Waals surface area (Å²) >= 11 is 0. The lowest BCUT2D eigenvalue weighted by Gasteiger charge is -2.22. The number of halogens is 1. The summed E-state index contributed by atoms with van der Waals surface area (Å²) in [5.41, 5.74) is 1.26. The van der Waals surface area contributed by atoms with E-state index in [-0.39, 0.29) is 12.4 Å². The number of aromatic nitrogens is 4. The van der Waals surface area contributed by atoms with Crippen molar-refractivity contribution in [2.24, 2.45) is 0 Å². The maximum atomic E-state index is 11.1. The third-order valence-corrected chi connectivity index (χ3v) is 3.01. The van der Waals surface area contributed by atoms with Gasteiger partial charge in [-0.1, -0.05) is 0 Å². The van der Waals surface area contributed by atoms with E-state index in [4.69, 9.17) is 5.11 Å². The van der Waals surface area contributed by atoms with Gasteiger partial charge in [-0.15, -0.1) is 12.4 Å². The molecule has 0 bridgehead atoms. The molecule has 96 valence electrons. The molecule has 18 heavy (non-hydrogen) atoms. The fraction of sp³-hybridized carbons (Fsp3) is 0.400. The Morgan fingerprint density at radius 1 is 1.44 bits per heavy atom. The number of imidazole rings is 1. The van der Waals surface area contributed by atoms with Crippen LogP contribution in [0.5, 0.6) is 0 Å². The molecule has 2 aromatic rings. The van der Waals surface area contributed by atoms with Crippen molar-refractivity contribution in [1.29, 1.82) is 0 Å². The Labute approximate surface area is 109 Å². The molecule has 0 unspecified atom stereocenters. The average Bonchev–Trinajstić information content (AvgIpc) is 2.97. The summed E-state index contributed by atoms with van der Waals surface area (Å²) in [6.45, 7) is 0.697. The number of aliphatic carboxylic acids is 1. The van der Waals surface area contributed by atoms with Gasteiger partial charge in [-0.2, -0.15) is 0 Å². The standard InChI is InChI=1S/C10H11N5O2.ClH/c16-10(17)6-2-1-3-15(6)9-7-8(12-4-11-7)13-5-14-9;/h4-6H,1-3H2,(H,16,17)(H,11,12,13,14);1H/t6-;/m1./s1. The normalized spacial score (nSPS) is 18.9. The summed E-state index contributed by atoms with van der Waals surface area (Å²) in [5.74, 6) is -0.189. The number of nitrogens with zero attached hydrogens (tertiary/aromatic N) is 4. The van der Waals surface area contributed by atoms with Crippen LogP contribution in [0.4, 0.5) is 5.82 Å². The van der Waals surface area contributed by atoms with Crippen molar-refractivity contribution >= 4 is 35.4 Å². The Morgan fingerprint density at radius 3 is 3.06 bits per heavy atom. The van der Waals surface area contributed by atoms with Gasteiger partial charge in [0.2, 0.25) is 0 Å². The van der Waals surface area contributed by atoms with E-state index in [0.717, 1.165) is 6.42 Å². The Bertz CT molecular complexity index is 572. The van der Waals surface area contributed by atoms with Crippen LogP contribution >= 0.6 is 12.4 Å². The van der Waals surface area contributed by atoms with Gasteiger partial charge in [0.15, 0.2) is 11.5 Å². The highest BCUT2D eigenvalue weighted by molar-refractivity contribution is 5.87. The monoisotopic (exact) mass is 269 g/mol. The number of fused-ring (bicyclic) bond motifs is 1. The lowest BCUT2D eigenvalue weighted by molar-refractivity contribution is -0.138. The summed E-state index contributed by atoms with van der Waals surface area (Å²) < 4.78 is 0. The molecule has 0 amide bonds. The van der Waals surface area contributed by atoms with Gasteiger partial charge in [-0.05, 0) is 12.8 Å². The van der Waals surface area contributed by atoms with Crippen molar-refractivity contribution in [3.63, 3.8) is 0 Å². The zero-order chi connectivity index (χ0) is 11.8.